The molecule has 2 rings (SSSR count). The first-order chi connectivity index (χ1) is 16.0. The molecule has 0 heterocycles. The van der Waals surface area contributed by atoms with Crippen molar-refractivity contribution in [1.29, 1.82) is 0 Å². The van der Waals surface area contributed by atoms with Crippen molar-refractivity contribution in [3.05, 3.63) is 65.7 Å². The lowest BCUT2D eigenvalue weighted by atomic mass is 10.0. The summed E-state index contributed by atoms with van der Waals surface area (Å²) in [4.78, 5) is 23.9. The second-order valence-corrected chi connectivity index (χ2v) is 7.15. The molecule has 178 valence electrons. The van der Waals surface area contributed by atoms with E-state index < -0.39 is 18.1 Å². The van der Waals surface area contributed by atoms with E-state index >= 15 is 0 Å². The molecular formula is C24H30N2O7. The number of nitrogens with one attached hydrogen (secondary N) is 2. The third-order valence-electron chi connectivity index (χ3n) is 4.78. The van der Waals surface area contributed by atoms with E-state index in [1.807, 2.05) is 0 Å². The van der Waals surface area contributed by atoms with Crippen LogP contribution in [0.5, 0.6) is 11.5 Å². The molecule has 0 aliphatic carbocycles. The maximum atomic E-state index is 12.5. The van der Waals surface area contributed by atoms with Crippen LogP contribution in [0.25, 0.3) is 0 Å². The Morgan fingerprint density at radius 3 is 2.33 bits per heavy atom. The van der Waals surface area contributed by atoms with Crippen molar-refractivity contribution in [2.24, 2.45) is 0 Å². The first kappa shape index (κ1) is 25.7. The molecule has 9 heteroatoms. The molecule has 1 atom stereocenters. The molecule has 33 heavy (non-hydrogen) atoms. The van der Waals surface area contributed by atoms with Gasteiger partial charge in [-0.05, 0) is 68.1 Å². The zero-order valence-electron chi connectivity index (χ0n) is 18.7. The average Bonchev–Trinajstić information content (AvgIpc) is 2.84. The van der Waals surface area contributed by atoms with Crippen LogP contribution in [-0.2, 0) is 9.53 Å². The summed E-state index contributed by atoms with van der Waals surface area (Å²) in [7, 11) is 1.56. The molecule has 0 saturated heterocycles. The number of rotatable bonds is 12. The molecule has 0 aromatic heterocycles. The minimum absolute atomic E-state index is 0.0831. The number of benzene rings is 2. The van der Waals surface area contributed by atoms with Gasteiger partial charge in [0.25, 0.3) is 5.91 Å². The van der Waals surface area contributed by atoms with E-state index in [0.717, 1.165) is 5.56 Å². The van der Waals surface area contributed by atoms with Crippen LogP contribution in [0.15, 0.2) is 60.2 Å². The van der Waals surface area contributed by atoms with Gasteiger partial charge in [-0.2, -0.15) is 0 Å². The number of methoxy groups -OCH3 is 1. The van der Waals surface area contributed by atoms with Gasteiger partial charge in [0.05, 0.1) is 13.7 Å². The van der Waals surface area contributed by atoms with Crippen molar-refractivity contribution in [1.82, 2.24) is 5.48 Å². The number of carbonyl (C=O) groups is 2. The van der Waals surface area contributed by atoms with Crippen molar-refractivity contribution < 1.29 is 34.1 Å². The Kier molecular flexibility index (Phi) is 10.7. The minimum atomic E-state index is -0.600. The highest BCUT2D eigenvalue weighted by Gasteiger charge is 2.17. The monoisotopic (exact) mass is 458 g/mol. The average molecular weight is 459 g/mol. The Labute approximate surface area is 192 Å². The number of amides is 2. The first-order valence-electron chi connectivity index (χ1n) is 10.5. The predicted octanol–water partition coefficient (Wildman–Crippen LogP) is 3.98. The number of hydrogen-bond donors (Lipinski definition) is 4. The number of aliphatic hydroxyl groups is 1. The standard InChI is InChI=1S/C24H30N2O7/c1-17(23(28)26-30)5-3-4-6-22(18-7-11-21(12-8-18)32-16-15-27)33-24(29)25-19-9-13-20(31-2)14-10-19/h5,7-14,22,27,30H,3-4,6,15-16H2,1-2H3,(H,25,29)(H,26,28)/b17-5+/t22-/m0/s1. The fraction of sp³-hybridized carbons (Fsp3) is 0.333. The molecule has 0 fully saturated rings. The Morgan fingerprint density at radius 2 is 1.73 bits per heavy atom. The van der Waals surface area contributed by atoms with Gasteiger partial charge in [-0.15, -0.1) is 0 Å². The van der Waals surface area contributed by atoms with Gasteiger partial charge >= 0.3 is 6.09 Å². The normalized spacial score (nSPS) is 11.9. The molecular weight excluding hydrogens is 428 g/mol. The Bertz CT molecular complexity index is 911. The quantitative estimate of drug-likeness (QED) is 0.164. The zero-order chi connectivity index (χ0) is 24.1. The van der Waals surface area contributed by atoms with Gasteiger partial charge in [0.1, 0.15) is 24.2 Å². The summed E-state index contributed by atoms with van der Waals surface area (Å²) >= 11 is 0. The smallest absolute Gasteiger partial charge is 0.412 e. The van der Waals surface area contributed by atoms with E-state index in [9.17, 15) is 9.59 Å². The maximum Gasteiger partial charge on any atom is 0.412 e. The van der Waals surface area contributed by atoms with Crippen LogP contribution >= 0.6 is 0 Å². The van der Waals surface area contributed by atoms with E-state index in [0.29, 0.717) is 42.0 Å². The lowest BCUT2D eigenvalue weighted by Crippen LogP contribution is -2.19. The molecule has 0 spiro atoms. The fourth-order valence-corrected chi connectivity index (χ4v) is 2.99. The van der Waals surface area contributed by atoms with E-state index in [2.05, 4.69) is 5.32 Å². The Balaban J connectivity index is 2.05. The Hall–Kier alpha value is -3.56. The third-order valence-corrected chi connectivity index (χ3v) is 4.78. The number of carbonyl (C=O) groups excluding carboxylic acids is 2. The van der Waals surface area contributed by atoms with Gasteiger partial charge < -0.3 is 19.3 Å². The van der Waals surface area contributed by atoms with Crippen LogP contribution in [0.4, 0.5) is 10.5 Å². The summed E-state index contributed by atoms with van der Waals surface area (Å²) in [6.07, 6.45) is 2.30. The number of allylic oxidation sites excluding steroid dienone is 1. The topological polar surface area (TPSA) is 126 Å². The van der Waals surface area contributed by atoms with Gasteiger partial charge in [0.15, 0.2) is 0 Å². The van der Waals surface area contributed by atoms with E-state index in [1.54, 1.807) is 74.1 Å². The van der Waals surface area contributed by atoms with Crippen LogP contribution in [0, 0.1) is 0 Å². The second kappa shape index (κ2) is 13.8. The minimum Gasteiger partial charge on any atom is -0.497 e. The summed E-state index contributed by atoms with van der Waals surface area (Å²) < 4.78 is 16.2. The summed E-state index contributed by atoms with van der Waals surface area (Å²) in [5.41, 5.74) is 3.35. The van der Waals surface area contributed by atoms with Gasteiger partial charge in [-0.25, -0.2) is 10.3 Å². The van der Waals surface area contributed by atoms with Crippen LogP contribution in [0.2, 0.25) is 0 Å². The predicted molar refractivity (Wildman–Crippen MR) is 122 cm³/mol. The van der Waals surface area contributed by atoms with Gasteiger partial charge in [-0.3, -0.25) is 15.3 Å². The summed E-state index contributed by atoms with van der Waals surface area (Å²) in [5.74, 6) is 0.719. The van der Waals surface area contributed by atoms with Crippen molar-refractivity contribution >= 4 is 17.7 Å². The molecule has 9 nitrogen and oxygen atoms in total. The van der Waals surface area contributed by atoms with Gasteiger partial charge in [0, 0.05) is 11.3 Å². The molecule has 0 bridgehead atoms. The van der Waals surface area contributed by atoms with Gasteiger partial charge in [-0.1, -0.05) is 18.2 Å². The fourth-order valence-electron chi connectivity index (χ4n) is 2.99. The van der Waals surface area contributed by atoms with Crippen molar-refractivity contribution in [3.63, 3.8) is 0 Å². The largest absolute Gasteiger partial charge is 0.497 e. The van der Waals surface area contributed by atoms with E-state index in [1.165, 1.54) is 0 Å². The molecule has 0 saturated carbocycles. The number of aliphatic hydroxyl groups excluding tert-OH is 1. The maximum absolute atomic E-state index is 12.5. The molecule has 4 N–H and O–H groups in total. The SMILES string of the molecule is COc1ccc(NC(=O)O[C@@H](CCC/C=C(\C)C(=O)NO)c2ccc(OCCO)cc2)cc1. The summed E-state index contributed by atoms with van der Waals surface area (Å²) in [6.45, 7) is 1.71. The van der Waals surface area contributed by atoms with Crippen LogP contribution < -0.4 is 20.3 Å². The van der Waals surface area contributed by atoms with Gasteiger partial charge in [0.2, 0.25) is 0 Å². The molecule has 0 aliphatic heterocycles. The summed E-state index contributed by atoms with van der Waals surface area (Å²) in [6, 6.07) is 14.0. The van der Waals surface area contributed by atoms with Crippen molar-refractivity contribution in [2.45, 2.75) is 32.3 Å². The molecule has 0 unspecified atom stereocenters. The molecule has 0 aliphatic rings. The van der Waals surface area contributed by atoms with Crippen LogP contribution in [-0.4, -0.2) is 42.6 Å². The lowest BCUT2D eigenvalue weighted by molar-refractivity contribution is -0.125. The number of anilines is 1. The molecule has 2 aromatic rings. The highest BCUT2D eigenvalue weighted by Crippen LogP contribution is 2.27. The molecule has 2 aromatic carbocycles. The van der Waals surface area contributed by atoms with Crippen molar-refractivity contribution in [2.75, 3.05) is 25.6 Å². The zero-order valence-corrected chi connectivity index (χ0v) is 18.7. The number of ether oxygens (including phenoxy) is 3. The number of hydroxylamine groups is 1. The highest BCUT2D eigenvalue weighted by atomic mass is 16.6. The Morgan fingerprint density at radius 1 is 1.06 bits per heavy atom. The van der Waals surface area contributed by atoms with Crippen molar-refractivity contribution in [3.8, 4) is 11.5 Å². The second-order valence-electron chi connectivity index (χ2n) is 7.15. The van der Waals surface area contributed by atoms with Crippen LogP contribution in [0.1, 0.15) is 37.9 Å². The highest BCUT2D eigenvalue weighted by molar-refractivity contribution is 5.91. The van der Waals surface area contributed by atoms with E-state index in [4.69, 9.17) is 24.5 Å². The first-order valence-corrected chi connectivity index (χ1v) is 10.5. The third kappa shape index (κ3) is 8.83. The molecule has 0 radical (unpaired) electrons. The number of unbranched alkanes of at least 4 members (excludes halogenated alkanes) is 1. The summed E-state index contributed by atoms with van der Waals surface area (Å²) in [5, 5.41) is 20.3. The van der Waals surface area contributed by atoms with Crippen LogP contribution in [0.3, 0.4) is 0 Å². The van der Waals surface area contributed by atoms with E-state index in [-0.39, 0.29) is 13.2 Å². The number of hydrogen-bond acceptors (Lipinski definition) is 7. The molecule has 2 amide bonds. The lowest BCUT2D eigenvalue weighted by Gasteiger charge is -2.19.